The van der Waals surface area contributed by atoms with Gasteiger partial charge in [-0.05, 0) is 12.8 Å². The van der Waals surface area contributed by atoms with Crippen molar-refractivity contribution in [1.29, 1.82) is 0 Å². The first-order valence-electron chi connectivity index (χ1n) is 12.5. The molecule has 0 aromatic carbocycles. The molecule has 2 rings (SSSR count). The fraction of sp³-hybridized carbons (Fsp3) is 1.00. The van der Waals surface area contributed by atoms with Crippen LogP contribution in [0.4, 0.5) is 0 Å². The first-order chi connectivity index (χ1) is 19.6. The second-order valence-electron chi connectivity index (χ2n) is 8.45. The molecule has 0 aliphatic carbocycles. The standard InChI is InChI=1S/2C9H19Cl2N2O5PS2.Mg/c2*10-2-4-13(5-3-11)19(14)12-9(1-6-18-19)20-7-8-21(15,16)17;/h2*9H,1-8H2,(H,12,14)(H,15,16,17);/q;;+2/p-2. The Morgan fingerprint density at radius 3 is 1.26 bits per heavy atom. The Bertz CT molecular complexity index is 1010. The van der Waals surface area contributed by atoms with Crippen LogP contribution in [-0.2, 0) is 38.4 Å². The van der Waals surface area contributed by atoms with Gasteiger partial charge in [0.05, 0.1) is 44.2 Å². The average molecular weight is 825 g/mol. The number of rotatable bonds is 18. The van der Waals surface area contributed by atoms with Crippen molar-refractivity contribution in [1.82, 2.24) is 19.5 Å². The van der Waals surface area contributed by atoms with Gasteiger partial charge in [0.15, 0.2) is 0 Å². The van der Waals surface area contributed by atoms with E-state index in [2.05, 4.69) is 10.2 Å². The Hall–Kier alpha value is 2.67. The van der Waals surface area contributed by atoms with Crippen molar-refractivity contribution in [3.05, 3.63) is 0 Å². The van der Waals surface area contributed by atoms with Gasteiger partial charge in [0.25, 0.3) is 0 Å². The van der Waals surface area contributed by atoms with Gasteiger partial charge in [0, 0.05) is 72.7 Å². The summed E-state index contributed by atoms with van der Waals surface area (Å²) in [7, 11) is -14.9. The van der Waals surface area contributed by atoms with E-state index in [1.165, 1.54) is 23.5 Å². The van der Waals surface area contributed by atoms with Crippen molar-refractivity contribution in [3.63, 3.8) is 0 Å². The van der Waals surface area contributed by atoms with Crippen LogP contribution in [0.25, 0.3) is 0 Å². The molecule has 0 saturated carbocycles. The molecule has 0 aromatic heterocycles. The van der Waals surface area contributed by atoms with E-state index in [1.807, 2.05) is 0 Å². The summed E-state index contributed by atoms with van der Waals surface area (Å²) in [4.78, 5) is 0. The van der Waals surface area contributed by atoms with Crippen molar-refractivity contribution in [2.75, 3.05) is 85.9 Å². The number of nitrogens with one attached hydrogen (secondary N) is 2. The van der Waals surface area contributed by atoms with Gasteiger partial charge in [0.1, 0.15) is 0 Å². The second kappa shape index (κ2) is 23.1. The minimum Gasteiger partial charge on any atom is -0.748 e. The Morgan fingerprint density at radius 2 is 1.00 bits per heavy atom. The number of hydrogen-bond donors (Lipinski definition) is 2. The third kappa shape index (κ3) is 19.4. The molecule has 2 heterocycles. The van der Waals surface area contributed by atoms with Crippen LogP contribution in [0.15, 0.2) is 0 Å². The molecule has 43 heavy (non-hydrogen) atoms. The van der Waals surface area contributed by atoms with Crippen molar-refractivity contribution in [2.24, 2.45) is 0 Å². The quantitative estimate of drug-likeness (QED) is 0.0885. The molecule has 2 fully saturated rings. The van der Waals surface area contributed by atoms with Crippen LogP contribution in [0.5, 0.6) is 0 Å². The fourth-order valence-electron chi connectivity index (χ4n) is 3.43. The molecular formula is C18H36Cl4MgN4O10P2S4. The Balaban J connectivity index is 0.000000802. The predicted octanol–water partition coefficient (Wildman–Crippen LogP) is 2.60. The average Bonchev–Trinajstić information content (AvgIpc) is 2.87. The molecule has 2 aliphatic rings. The number of thioether (sulfide) groups is 2. The molecule has 252 valence electrons. The third-order valence-corrected chi connectivity index (χ3v) is 15.3. The topological polar surface area (TPSA) is 198 Å². The van der Waals surface area contributed by atoms with Crippen molar-refractivity contribution in [2.45, 2.75) is 23.6 Å². The minimum atomic E-state index is -4.23. The van der Waals surface area contributed by atoms with Crippen LogP contribution in [0.2, 0.25) is 0 Å². The molecule has 4 atom stereocenters. The normalized spacial score (nSPS) is 26.5. The van der Waals surface area contributed by atoms with Crippen LogP contribution < -0.4 is 10.2 Å². The zero-order chi connectivity index (χ0) is 31.9. The van der Waals surface area contributed by atoms with E-state index in [9.17, 15) is 35.1 Å². The van der Waals surface area contributed by atoms with Gasteiger partial charge in [-0.3, -0.25) is 9.13 Å². The van der Waals surface area contributed by atoms with Gasteiger partial charge >= 0.3 is 38.4 Å². The molecule has 2 saturated heterocycles. The van der Waals surface area contributed by atoms with E-state index in [-0.39, 0.29) is 82.0 Å². The third-order valence-electron chi connectivity index (χ3n) is 5.33. The summed E-state index contributed by atoms with van der Waals surface area (Å²) in [5, 5.41) is 5.31. The van der Waals surface area contributed by atoms with Crippen LogP contribution in [-0.4, -0.2) is 155 Å². The van der Waals surface area contributed by atoms with E-state index in [0.717, 1.165) is 0 Å². The Kier molecular flexibility index (Phi) is 24.6. The first kappa shape index (κ1) is 45.7. The van der Waals surface area contributed by atoms with Gasteiger partial charge in [-0.25, -0.2) is 36.4 Å². The molecule has 4 unspecified atom stereocenters. The molecular weight excluding hydrogens is 789 g/mol. The monoisotopic (exact) mass is 822 g/mol. The molecule has 0 bridgehead atoms. The summed E-state index contributed by atoms with van der Waals surface area (Å²) >= 11 is 25.2. The maximum atomic E-state index is 12.8. The smallest absolute Gasteiger partial charge is 0.748 e. The summed E-state index contributed by atoms with van der Waals surface area (Å²) in [6, 6.07) is 0. The SMILES string of the molecule is O=P1(N(CCCl)CCCl)NC(SCCS(=O)(=O)[O-])CCO1.O=P1(N(CCCl)CCCl)NC(SCCS(=O)(=O)[O-])CCO1.[Mg+2]. The second-order valence-corrected chi connectivity index (χ2v) is 19.9. The summed E-state index contributed by atoms with van der Waals surface area (Å²) in [5.74, 6) is 0.553. The fourth-order valence-corrected chi connectivity index (χ4v) is 13.6. The molecule has 0 amide bonds. The van der Waals surface area contributed by atoms with E-state index in [0.29, 0.717) is 39.0 Å². The predicted molar refractivity (Wildman–Crippen MR) is 176 cm³/mol. The largest absolute Gasteiger partial charge is 2.00 e. The van der Waals surface area contributed by atoms with E-state index < -0.39 is 47.1 Å². The maximum absolute atomic E-state index is 12.8. The zero-order valence-corrected chi connectivity index (χ0v) is 32.7. The summed E-state index contributed by atoms with van der Waals surface area (Å²) < 4.78 is 103. The summed E-state index contributed by atoms with van der Waals surface area (Å²) in [6.07, 6.45) is 1.15. The van der Waals surface area contributed by atoms with E-state index in [1.54, 1.807) is 9.34 Å². The molecule has 0 spiro atoms. The molecule has 0 aromatic rings. The molecule has 0 radical (unpaired) electrons. The van der Waals surface area contributed by atoms with Gasteiger partial charge in [-0.2, -0.15) is 0 Å². The molecule has 2 aliphatic heterocycles. The molecule has 2 N–H and O–H groups in total. The van der Waals surface area contributed by atoms with Crippen molar-refractivity contribution in [3.8, 4) is 0 Å². The number of nitrogens with zero attached hydrogens (tertiary/aromatic N) is 2. The van der Waals surface area contributed by atoms with Gasteiger partial charge in [0.2, 0.25) is 0 Å². The summed E-state index contributed by atoms with van der Waals surface area (Å²) in [5.41, 5.74) is 0. The number of alkyl halides is 4. The number of halogens is 4. The molecule has 25 heteroatoms. The summed E-state index contributed by atoms with van der Waals surface area (Å²) in [6.45, 7) is 2.03. The van der Waals surface area contributed by atoms with Crippen LogP contribution in [0.3, 0.4) is 0 Å². The molecule has 14 nitrogen and oxygen atoms in total. The van der Waals surface area contributed by atoms with Gasteiger partial charge < -0.3 is 18.2 Å². The zero-order valence-electron chi connectivity index (χ0n) is 23.2. The number of hydrogen-bond acceptors (Lipinski definition) is 12. The maximum Gasteiger partial charge on any atom is 2.00 e. The van der Waals surface area contributed by atoms with Gasteiger partial charge in [-0.1, -0.05) is 0 Å². The van der Waals surface area contributed by atoms with Crippen molar-refractivity contribution >= 4 is 129 Å². The minimum absolute atomic E-state index is 0. The Labute approximate surface area is 299 Å². The first-order valence-corrected chi connectivity index (χ1v) is 23.1. The van der Waals surface area contributed by atoms with Crippen LogP contribution >= 0.6 is 85.3 Å². The van der Waals surface area contributed by atoms with Crippen LogP contribution in [0.1, 0.15) is 12.8 Å². The Morgan fingerprint density at radius 1 is 0.698 bits per heavy atom. The van der Waals surface area contributed by atoms with Gasteiger partial charge in [-0.15, -0.1) is 69.9 Å². The van der Waals surface area contributed by atoms with E-state index in [4.69, 9.17) is 55.5 Å². The van der Waals surface area contributed by atoms with Crippen molar-refractivity contribution < 1.29 is 44.1 Å². The van der Waals surface area contributed by atoms with Crippen LogP contribution in [0, 0.1) is 0 Å². The van der Waals surface area contributed by atoms with E-state index >= 15 is 0 Å².